The molecular weight excluding hydrogens is 973 g/mol. The lowest BCUT2D eigenvalue weighted by molar-refractivity contribution is -0.153. The Hall–Kier alpha value is -6.35. The fourth-order valence-electron chi connectivity index (χ4n) is 7.77. The molecule has 5 aromatic rings. The Morgan fingerprint density at radius 2 is 1.49 bits per heavy atom. The van der Waals surface area contributed by atoms with Crippen LogP contribution in [0.1, 0.15) is 48.7 Å². The van der Waals surface area contributed by atoms with Crippen LogP contribution in [0, 0.1) is 0 Å². The number of ether oxygens (including phenoxy) is 3. The third-order valence-corrected chi connectivity index (χ3v) is 15.9. The van der Waals surface area contributed by atoms with Gasteiger partial charge in [0, 0.05) is 29.2 Å². The van der Waals surface area contributed by atoms with Gasteiger partial charge in [0.25, 0.3) is 11.8 Å². The Morgan fingerprint density at radius 1 is 0.871 bits per heavy atom. The molecule has 7 rings (SSSR count). The molecule has 3 N–H and O–H groups in total. The SMILES string of the molecule is CO/N=C(\C(=O)NC1C(=O)N2C(C(=O)OCc3ccc(OC)cc3)=C(CS(=O)(=O)CCSCCNC(=O)OC(C)(C)C)CS[C@H]12)c1csc(NC(c2ccccc2)(c2ccccc2)c2ccccc2)n1. The molecule has 1 aromatic heterocycles. The quantitative estimate of drug-likeness (QED) is 0.0170. The second-order valence-corrected chi connectivity index (χ2v) is 22.4. The Balaban J connectivity index is 1.08. The van der Waals surface area contributed by atoms with Crippen LogP contribution >= 0.6 is 34.9 Å². The molecule has 1 fully saturated rings. The Morgan fingerprint density at radius 3 is 2.06 bits per heavy atom. The molecule has 2 aliphatic rings. The number of carbonyl (C=O) groups is 4. The average molecular weight is 1030 g/mol. The first-order valence-electron chi connectivity index (χ1n) is 22.2. The number of benzene rings is 4. The summed E-state index contributed by atoms with van der Waals surface area (Å²) in [5, 5.41) is 14.5. The van der Waals surface area contributed by atoms with Gasteiger partial charge in [-0.2, -0.15) is 11.8 Å². The number of thioether (sulfide) groups is 2. The van der Waals surface area contributed by atoms with Crippen molar-refractivity contribution in [2.24, 2.45) is 5.16 Å². The van der Waals surface area contributed by atoms with Crippen molar-refractivity contribution in [3.8, 4) is 5.75 Å². The van der Waals surface area contributed by atoms with Crippen LogP contribution in [0.3, 0.4) is 0 Å². The zero-order valence-electron chi connectivity index (χ0n) is 39.2. The molecule has 2 atom stereocenters. The fourth-order valence-corrected chi connectivity index (χ4v) is 12.9. The van der Waals surface area contributed by atoms with Gasteiger partial charge < -0.3 is 35.0 Å². The first-order chi connectivity index (χ1) is 33.6. The van der Waals surface area contributed by atoms with Crippen LogP contribution in [0.15, 0.2) is 137 Å². The van der Waals surface area contributed by atoms with E-state index in [2.05, 4.69) is 21.1 Å². The van der Waals surface area contributed by atoms with Gasteiger partial charge in [0.15, 0.2) is 20.7 Å². The van der Waals surface area contributed by atoms with Crippen molar-refractivity contribution in [2.75, 3.05) is 54.8 Å². The first-order valence-corrected chi connectivity index (χ1v) is 27.1. The summed E-state index contributed by atoms with van der Waals surface area (Å²) in [7, 11) is -0.968. The van der Waals surface area contributed by atoms with E-state index in [1.54, 1.807) is 50.4 Å². The van der Waals surface area contributed by atoms with Crippen LogP contribution in [0.4, 0.5) is 9.93 Å². The third kappa shape index (κ3) is 12.5. The van der Waals surface area contributed by atoms with Crippen molar-refractivity contribution in [1.29, 1.82) is 0 Å². The van der Waals surface area contributed by atoms with Crippen LogP contribution in [-0.2, 0) is 50.7 Å². The number of hydrogen-bond donors (Lipinski definition) is 3. The molecule has 4 aromatic carbocycles. The molecule has 0 bridgehead atoms. The van der Waals surface area contributed by atoms with Crippen LogP contribution in [0.2, 0.25) is 0 Å². The summed E-state index contributed by atoms with van der Waals surface area (Å²) in [5.41, 5.74) is 1.96. The summed E-state index contributed by atoms with van der Waals surface area (Å²) in [4.78, 5) is 65.4. The number of rotatable bonds is 21. The molecule has 0 spiro atoms. The minimum atomic E-state index is -3.80. The summed E-state index contributed by atoms with van der Waals surface area (Å²) in [5.74, 6) is -1.64. The number of sulfone groups is 1. The number of anilines is 1. The molecule has 368 valence electrons. The monoisotopic (exact) mass is 1030 g/mol. The second kappa shape index (κ2) is 23.0. The number of nitrogens with one attached hydrogen (secondary N) is 3. The highest BCUT2D eigenvalue weighted by atomic mass is 32.2. The molecule has 1 saturated heterocycles. The molecule has 70 heavy (non-hydrogen) atoms. The standard InChI is InChI=1S/C50H54N6O10S4/c1-49(2,3)66-48(60)51-25-26-67-27-28-70(61,62)32-34-30-68-45-41(44(58)56(45)42(34)46(59)65-29-33-21-23-38(63-4)24-22-33)53-43(57)40(55-64-5)39-31-69-47(52-39)54-50(35-15-9-6-10-16-35,36-17-11-7-12-18-36)37-19-13-8-14-20-37/h6-24,31,41,45H,25-30,32H2,1-5H3,(H,51,60)(H,52,54)(H,53,57)/b55-40-/t41?,45-/m1/s1. The lowest BCUT2D eigenvalue weighted by Gasteiger charge is -2.49. The van der Waals surface area contributed by atoms with Gasteiger partial charge in [0.05, 0.1) is 18.6 Å². The molecule has 0 aliphatic carbocycles. The number of fused-ring (bicyclic) bond motifs is 1. The van der Waals surface area contributed by atoms with Crippen molar-refractivity contribution in [3.05, 3.63) is 160 Å². The number of hydrogen-bond acceptors (Lipinski definition) is 16. The second-order valence-electron chi connectivity index (χ2n) is 17.0. The summed E-state index contributed by atoms with van der Waals surface area (Å²) in [6.07, 6.45) is -0.562. The predicted molar refractivity (Wildman–Crippen MR) is 274 cm³/mol. The number of β-lactam (4-membered cyclic amide) rings is 1. The lowest BCUT2D eigenvalue weighted by atomic mass is 9.77. The fraction of sp³-hybridized carbons (Fsp3) is 0.320. The molecule has 1 unspecified atom stereocenters. The van der Waals surface area contributed by atoms with Gasteiger partial charge in [-0.15, -0.1) is 23.1 Å². The molecule has 0 radical (unpaired) electrons. The van der Waals surface area contributed by atoms with E-state index in [-0.39, 0.29) is 53.1 Å². The number of esters is 1. The highest BCUT2D eigenvalue weighted by Gasteiger charge is 2.55. The minimum absolute atomic E-state index is 0.0616. The number of methoxy groups -OCH3 is 1. The van der Waals surface area contributed by atoms with Crippen LogP contribution in [-0.4, -0.2) is 114 Å². The molecule has 16 nitrogen and oxygen atoms in total. The van der Waals surface area contributed by atoms with E-state index < -0.39 is 62.0 Å². The van der Waals surface area contributed by atoms with Crippen molar-refractivity contribution >= 4 is 79.4 Å². The molecule has 2 aliphatic heterocycles. The van der Waals surface area contributed by atoms with E-state index in [1.807, 2.05) is 91.0 Å². The summed E-state index contributed by atoms with van der Waals surface area (Å²) < 4.78 is 43.3. The maximum absolute atomic E-state index is 14.2. The molecule has 3 heterocycles. The zero-order valence-corrected chi connectivity index (χ0v) is 42.5. The van der Waals surface area contributed by atoms with E-state index in [0.29, 0.717) is 22.2 Å². The molecule has 3 amide bonds. The highest BCUT2D eigenvalue weighted by molar-refractivity contribution is 8.01. The van der Waals surface area contributed by atoms with E-state index in [1.165, 1.54) is 54.0 Å². The van der Waals surface area contributed by atoms with Gasteiger partial charge in [-0.25, -0.2) is 23.0 Å². The number of alkyl carbamates (subject to hydrolysis) is 1. The van der Waals surface area contributed by atoms with Gasteiger partial charge in [-0.05, 0) is 60.7 Å². The first kappa shape index (κ1) is 51.5. The highest BCUT2D eigenvalue weighted by Crippen LogP contribution is 2.43. The van der Waals surface area contributed by atoms with E-state index in [4.69, 9.17) is 24.0 Å². The summed E-state index contributed by atoms with van der Waals surface area (Å²) in [6, 6.07) is 35.7. The molecule has 0 saturated carbocycles. The van der Waals surface area contributed by atoms with Gasteiger partial charge >= 0.3 is 12.1 Å². The third-order valence-electron chi connectivity index (χ3n) is 11.0. The van der Waals surface area contributed by atoms with Gasteiger partial charge in [0.2, 0.25) is 0 Å². The van der Waals surface area contributed by atoms with E-state index in [9.17, 15) is 27.6 Å². The number of aromatic nitrogens is 1. The lowest BCUT2D eigenvalue weighted by Crippen LogP contribution is -2.71. The molecule has 20 heteroatoms. The van der Waals surface area contributed by atoms with Crippen LogP contribution in [0.5, 0.6) is 5.75 Å². The summed E-state index contributed by atoms with van der Waals surface area (Å²) in [6.45, 7) is 5.39. The van der Waals surface area contributed by atoms with Crippen molar-refractivity contribution < 1.29 is 46.6 Å². The average Bonchev–Trinajstić information content (AvgIpc) is 3.82. The topological polar surface area (TPSA) is 204 Å². The normalized spacial score (nSPS) is 16.1. The van der Waals surface area contributed by atoms with Gasteiger partial charge in [-0.1, -0.05) is 108 Å². The van der Waals surface area contributed by atoms with Crippen molar-refractivity contribution in [2.45, 2.75) is 49.9 Å². The Bertz CT molecular complexity index is 2710. The number of nitrogens with zero attached hydrogens (tertiary/aromatic N) is 3. The molecular formula is C50H54N6O10S4. The number of amides is 3. The van der Waals surface area contributed by atoms with Gasteiger partial charge in [-0.3, -0.25) is 14.5 Å². The zero-order chi connectivity index (χ0) is 49.9. The maximum Gasteiger partial charge on any atom is 0.407 e. The number of thiazole rings is 1. The number of carbonyl (C=O) groups excluding carboxylic acids is 4. The van der Waals surface area contributed by atoms with E-state index in [0.717, 1.165) is 16.7 Å². The Kier molecular flexibility index (Phi) is 17.0. The Labute approximate surface area is 419 Å². The van der Waals surface area contributed by atoms with Crippen LogP contribution in [0.25, 0.3) is 0 Å². The number of oxime groups is 1. The maximum atomic E-state index is 14.2. The van der Waals surface area contributed by atoms with Crippen LogP contribution < -0.4 is 20.7 Å². The summed E-state index contributed by atoms with van der Waals surface area (Å²) >= 11 is 3.82. The van der Waals surface area contributed by atoms with Gasteiger partial charge in [0.1, 0.15) is 53.4 Å². The largest absolute Gasteiger partial charge is 0.497 e. The smallest absolute Gasteiger partial charge is 0.407 e. The van der Waals surface area contributed by atoms with E-state index >= 15 is 0 Å². The predicted octanol–water partition coefficient (Wildman–Crippen LogP) is 6.98. The van der Waals surface area contributed by atoms with Crippen molar-refractivity contribution in [3.63, 3.8) is 0 Å². The van der Waals surface area contributed by atoms with Crippen molar-refractivity contribution in [1.82, 2.24) is 20.5 Å². The minimum Gasteiger partial charge on any atom is -0.497 e.